The molecule has 3 aromatic heterocycles. The van der Waals surface area contributed by atoms with E-state index in [4.69, 9.17) is 0 Å². The van der Waals surface area contributed by atoms with Gasteiger partial charge in [0.25, 0.3) is 0 Å². The second-order valence-electron chi connectivity index (χ2n) is 7.67. The van der Waals surface area contributed by atoms with Crippen LogP contribution in [0.3, 0.4) is 0 Å². The lowest BCUT2D eigenvalue weighted by Gasteiger charge is -2.28. The first-order chi connectivity index (χ1) is 14.6. The number of pyridine rings is 2. The molecule has 0 saturated carbocycles. The summed E-state index contributed by atoms with van der Waals surface area (Å²) in [6, 6.07) is 4.08. The first kappa shape index (κ1) is 21.4. The third-order valence-corrected chi connectivity index (χ3v) is 5.40. The summed E-state index contributed by atoms with van der Waals surface area (Å²) in [5, 5.41) is 15.9. The zero-order chi connectivity index (χ0) is 22.4. The SMILES string of the molecule is CC(O)(c1ccc2ncc(-c3cc(F)cc(N[C@H]4CNCC[C@@H]4F)n3)n2c1)C(F)(F)F. The Balaban J connectivity index is 1.73. The molecule has 0 aliphatic carbocycles. The fourth-order valence-electron chi connectivity index (χ4n) is 3.48. The Labute approximate surface area is 174 Å². The summed E-state index contributed by atoms with van der Waals surface area (Å²) in [6.07, 6.45) is -3.28. The highest BCUT2D eigenvalue weighted by molar-refractivity contribution is 5.62. The van der Waals surface area contributed by atoms with Crippen molar-refractivity contribution in [1.82, 2.24) is 19.7 Å². The number of aromatic nitrogens is 3. The van der Waals surface area contributed by atoms with Crippen molar-refractivity contribution < 1.29 is 27.1 Å². The van der Waals surface area contributed by atoms with Crippen molar-refractivity contribution >= 4 is 11.5 Å². The van der Waals surface area contributed by atoms with E-state index in [9.17, 15) is 27.1 Å². The second-order valence-corrected chi connectivity index (χ2v) is 7.67. The molecular weight excluding hydrogens is 421 g/mol. The molecular formula is C20H20F5N5O. The van der Waals surface area contributed by atoms with Gasteiger partial charge in [0.1, 0.15) is 23.5 Å². The Bertz CT molecular complexity index is 1100. The lowest BCUT2D eigenvalue weighted by molar-refractivity contribution is -0.259. The summed E-state index contributed by atoms with van der Waals surface area (Å²) in [6.45, 7) is 1.55. The van der Waals surface area contributed by atoms with Gasteiger partial charge in [-0.25, -0.2) is 18.7 Å². The van der Waals surface area contributed by atoms with Crippen LogP contribution < -0.4 is 10.6 Å². The number of alkyl halides is 4. The maximum atomic E-state index is 14.3. The molecule has 1 aliphatic heterocycles. The summed E-state index contributed by atoms with van der Waals surface area (Å²) >= 11 is 0. The van der Waals surface area contributed by atoms with Crippen LogP contribution in [0.15, 0.2) is 36.7 Å². The summed E-state index contributed by atoms with van der Waals surface area (Å²) in [5.41, 5.74) is -2.89. The average molecular weight is 441 g/mol. The van der Waals surface area contributed by atoms with Crippen LogP contribution in [-0.4, -0.2) is 51.0 Å². The highest BCUT2D eigenvalue weighted by Crippen LogP contribution is 2.38. The second kappa shape index (κ2) is 7.72. The number of fused-ring (bicyclic) bond motifs is 1. The molecule has 11 heteroatoms. The molecule has 31 heavy (non-hydrogen) atoms. The quantitative estimate of drug-likeness (QED) is 0.541. The molecule has 3 N–H and O–H groups in total. The minimum Gasteiger partial charge on any atom is -0.376 e. The zero-order valence-electron chi connectivity index (χ0n) is 16.4. The fraction of sp³-hybridized carbons (Fsp3) is 0.400. The van der Waals surface area contributed by atoms with Gasteiger partial charge in [0.05, 0.1) is 23.6 Å². The smallest absolute Gasteiger partial charge is 0.376 e. The standard InChI is InChI=1S/C20H20F5N5O/c1-19(31,20(23,24)25)11-2-3-18-27-9-16(30(18)10-11)14-6-12(21)7-17(28-14)29-15-8-26-5-4-13(15)22/h2-3,6-7,9-10,13,15,26,31H,4-5,8H2,1H3,(H,28,29)/t13-,15-,19?/m0/s1. The van der Waals surface area contributed by atoms with E-state index in [0.29, 0.717) is 26.4 Å². The van der Waals surface area contributed by atoms with Crippen LogP contribution in [0, 0.1) is 5.82 Å². The van der Waals surface area contributed by atoms with Gasteiger partial charge in [0, 0.05) is 30.4 Å². The highest BCUT2D eigenvalue weighted by atomic mass is 19.4. The molecule has 0 radical (unpaired) electrons. The molecule has 1 aliphatic rings. The van der Waals surface area contributed by atoms with Crippen LogP contribution in [0.25, 0.3) is 17.0 Å². The van der Waals surface area contributed by atoms with E-state index in [1.54, 1.807) is 0 Å². The monoisotopic (exact) mass is 441 g/mol. The number of hydrogen-bond acceptors (Lipinski definition) is 5. The first-order valence-electron chi connectivity index (χ1n) is 9.62. The van der Waals surface area contributed by atoms with Gasteiger partial charge in [0.2, 0.25) is 0 Å². The Hall–Kier alpha value is -2.79. The number of imidazole rings is 1. The Morgan fingerprint density at radius 3 is 2.74 bits per heavy atom. The minimum atomic E-state index is -4.90. The van der Waals surface area contributed by atoms with Crippen molar-refractivity contribution in [2.24, 2.45) is 0 Å². The van der Waals surface area contributed by atoms with Crippen LogP contribution >= 0.6 is 0 Å². The molecule has 0 bridgehead atoms. The van der Waals surface area contributed by atoms with Crippen LogP contribution in [0.2, 0.25) is 0 Å². The molecule has 166 valence electrons. The molecule has 4 heterocycles. The number of aliphatic hydroxyl groups is 1. The van der Waals surface area contributed by atoms with Crippen molar-refractivity contribution in [1.29, 1.82) is 0 Å². The molecule has 0 spiro atoms. The van der Waals surface area contributed by atoms with E-state index >= 15 is 0 Å². The number of halogens is 5. The molecule has 4 rings (SSSR count). The highest BCUT2D eigenvalue weighted by Gasteiger charge is 2.51. The molecule has 1 unspecified atom stereocenters. The Morgan fingerprint density at radius 2 is 2.03 bits per heavy atom. The van der Waals surface area contributed by atoms with Crippen LogP contribution in [0.5, 0.6) is 0 Å². The summed E-state index contributed by atoms with van der Waals surface area (Å²) in [5.74, 6) is -0.556. The van der Waals surface area contributed by atoms with Crippen molar-refractivity contribution in [3.05, 3.63) is 48.0 Å². The van der Waals surface area contributed by atoms with E-state index in [1.807, 2.05) is 0 Å². The van der Waals surface area contributed by atoms with Crippen LogP contribution in [0.4, 0.5) is 27.8 Å². The van der Waals surface area contributed by atoms with Gasteiger partial charge in [-0.3, -0.25) is 4.40 Å². The number of nitrogens with zero attached hydrogens (tertiary/aromatic N) is 3. The maximum absolute atomic E-state index is 14.3. The lowest BCUT2D eigenvalue weighted by Crippen LogP contribution is -2.46. The molecule has 3 atom stereocenters. The third kappa shape index (κ3) is 4.07. The van der Waals surface area contributed by atoms with Crippen LogP contribution in [-0.2, 0) is 5.60 Å². The molecule has 0 amide bonds. The molecule has 1 fully saturated rings. The number of nitrogens with one attached hydrogen (secondary N) is 2. The van der Waals surface area contributed by atoms with Gasteiger partial charge in [-0.05, 0) is 26.0 Å². The van der Waals surface area contributed by atoms with Gasteiger partial charge < -0.3 is 15.7 Å². The molecule has 1 saturated heterocycles. The predicted octanol–water partition coefficient (Wildman–Crippen LogP) is 3.42. The zero-order valence-corrected chi connectivity index (χ0v) is 16.4. The van der Waals surface area contributed by atoms with Gasteiger partial charge >= 0.3 is 6.18 Å². The largest absolute Gasteiger partial charge is 0.421 e. The maximum Gasteiger partial charge on any atom is 0.421 e. The van der Waals surface area contributed by atoms with E-state index in [-0.39, 0.29) is 22.9 Å². The van der Waals surface area contributed by atoms with E-state index in [0.717, 1.165) is 24.4 Å². The van der Waals surface area contributed by atoms with E-state index < -0.39 is 35.4 Å². The van der Waals surface area contributed by atoms with Gasteiger partial charge in [0.15, 0.2) is 5.60 Å². The van der Waals surface area contributed by atoms with Crippen molar-refractivity contribution in [3.8, 4) is 11.4 Å². The first-order valence-corrected chi connectivity index (χ1v) is 9.62. The molecule has 0 aromatic carbocycles. The topological polar surface area (TPSA) is 74.5 Å². The summed E-state index contributed by atoms with van der Waals surface area (Å²) < 4.78 is 69.4. The van der Waals surface area contributed by atoms with Crippen LogP contribution in [0.1, 0.15) is 18.9 Å². The van der Waals surface area contributed by atoms with Gasteiger partial charge in [-0.2, -0.15) is 13.2 Å². The third-order valence-electron chi connectivity index (χ3n) is 5.40. The lowest BCUT2D eigenvalue weighted by atomic mass is 9.97. The summed E-state index contributed by atoms with van der Waals surface area (Å²) in [4.78, 5) is 8.42. The molecule has 3 aromatic rings. The Kier molecular flexibility index (Phi) is 5.34. The van der Waals surface area contributed by atoms with Crippen molar-refractivity contribution in [2.75, 3.05) is 18.4 Å². The summed E-state index contributed by atoms with van der Waals surface area (Å²) in [7, 11) is 0. The van der Waals surface area contributed by atoms with Gasteiger partial charge in [-0.15, -0.1) is 0 Å². The number of rotatable bonds is 4. The normalized spacial score (nSPS) is 21.8. The predicted molar refractivity (Wildman–Crippen MR) is 104 cm³/mol. The minimum absolute atomic E-state index is 0.0954. The van der Waals surface area contributed by atoms with Gasteiger partial charge in [-0.1, -0.05) is 6.07 Å². The molecule has 6 nitrogen and oxygen atoms in total. The van der Waals surface area contributed by atoms with E-state index in [1.165, 1.54) is 16.7 Å². The van der Waals surface area contributed by atoms with Crippen molar-refractivity contribution in [2.45, 2.75) is 37.3 Å². The Morgan fingerprint density at radius 1 is 1.26 bits per heavy atom. The van der Waals surface area contributed by atoms with Crippen molar-refractivity contribution in [3.63, 3.8) is 0 Å². The number of piperidine rings is 1. The number of hydrogen-bond donors (Lipinski definition) is 3. The average Bonchev–Trinajstić information content (AvgIpc) is 3.12. The van der Waals surface area contributed by atoms with E-state index in [2.05, 4.69) is 20.6 Å². The number of anilines is 1. The fourth-order valence-corrected chi connectivity index (χ4v) is 3.48.